The van der Waals surface area contributed by atoms with Crippen molar-refractivity contribution in [1.29, 1.82) is 0 Å². The lowest BCUT2D eigenvalue weighted by atomic mass is 10.4. The van der Waals surface area contributed by atoms with Gasteiger partial charge in [0.2, 0.25) is 0 Å². The van der Waals surface area contributed by atoms with Gasteiger partial charge in [-0.05, 0) is 25.0 Å². The molecule has 0 spiro atoms. The lowest BCUT2D eigenvalue weighted by Gasteiger charge is -1.98. The lowest BCUT2D eigenvalue weighted by molar-refractivity contribution is -0.111. The Hall–Kier alpha value is -1.53. The molecule has 0 saturated carbocycles. The van der Waals surface area contributed by atoms with Gasteiger partial charge in [0.1, 0.15) is 11.0 Å². The van der Waals surface area contributed by atoms with Crippen LogP contribution in [0.1, 0.15) is 6.92 Å². The molecule has 66 valence electrons. The van der Waals surface area contributed by atoms with Gasteiger partial charge in [0.15, 0.2) is 0 Å². The topological polar surface area (TPSA) is 42.0 Å². The fourth-order valence-electron chi connectivity index (χ4n) is 0.739. The van der Waals surface area contributed by atoms with E-state index in [0.29, 0.717) is 11.0 Å². The van der Waals surface area contributed by atoms with E-state index in [4.69, 9.17) is 11.6 Å². The van der Waals surface area contributed by atoms with Crippen molar-refractivity contribution in [3.8, 4) is 11.8 Å². The number of halogens is 1. The van der Waals surface area contributed by atoms with E-state index in [0.717, 1.165) is 0 Å². The van der Waals surface area contributed by atoms with Crippen molar-refractivity contribution in [2.24, 2.45) is 0 Å². The van der Waals surface area contributed by atoms with Crippen LogP contribution in [0.3, 0.4) is 0 Å². The predicted octanol–water partition coefficient (Wildman–Crippen LogP) is 1.70. The van der Waals surface area contributed by atoms with Crippen LogP contribution in [-0.4, -0.2) is 10.9 Å². The molecule has 1 aromatic heterocycles. The molecular formula is C9H7ClN2O. The maximum Gasteiger partial charge on any atom is 0.301 e. The van der Waals surface area contributed by atoms with Crippen LogP contribution in [0.4, 0.5) is 5.82 Å². The zero-order valence-corrected chi connectivity index (χ0v) is 7.72. The number of hydrogen-bond acceptors (Lipinski definition) is 2. The number of nitrogens with zero attached hydrogens (tertiary/aromatic N) is 1. The summed E-state index contributed by atoms with van der Waals surface area (Å²) in [6.07, 6.45) is 0. The molecular weight excluding hydrogens is 188 g/mol. The van der Waals surface area contributed by atoms with Crippen molar-refractivity contribution < 1.29 is 4.79 Å². The highest BCUT2D eigenvalue weighted by molar-refractivity contribution is 6.29. The summed E-state index contributed by atoms with van der Waals surface area (Å²) in [5.41, 5.74) is 0. The summed E-state index contributed by atoms with van der Waals surface area (Å²) in [5.74, 6) is 4.82. The number of hydrogen-bond donors (Lipinski definition) is 1. The predicted molar refractivity (Wildman–Crippen MR) is 51.3 cm³/mol. The van der Waals surface area contributed by atoms with Crippen LogP contribution >= 0.6 is 11.6 Å². The van der Waals surface area contributed by atoms with Gasteiger partial charge in [-0.2, -0.15) is 0 Å². The van der Waals surface area contributed by atoms with E-state index in [2.05, 4.69) is 22.1 Å². The van der Waals surface area contributed by atoms with Crippen LogP contribution in [-0.2, 0) is 4.79 Å². The number of pyridine rings is 1. The summed E-state index contributed by atoms with van der Waals surface area (Å²) in [5, 5.41) is 2.81. The van der Waals surface area contributed by atoms with Gasteiger partial charge in [-0.15, -0.1) is 0 Å². The molecule has 0 aliphatic rings. The van der Waals surface area contributed by atoms with Crippen LogP contribution in [0.15, 0.2) is 18.2 Å². The third-order valence-corrected chi connectivity index (χ3v) is 1.41. The van der Waals surface area contributed by atoms with Crippen LogP contribution in [0.2, 0.25) is 5.15 Å². The van der Waals surface area contributed by atoms with Gasteiger partial charge >= 0.3 is 5.91 Å². The molecule has 1 amide bonds. The molecule has 0 fully saturated rings. The average Bonchev–Trinajstić information content (AvgIpc) is 2.04. The van der Waals surface area contributed by atoms with Crippen LogP contribution < -0.4 is 5.32 Å². The quantitative estimate of drug-likeness (QED) is 0.546. The molecule has 13 heavy (non-hydrogen) atoms. The highest BCUT2D eigenvalue weighted by atomic mass is 35.5. The molecule has 1 heterocycles. The van der Waals surface area contributed by atoms with Crippen LogP contribution in [0.25, 0.3) is 0 Å². The Balaban J connectivity index is 2.73. The van der Waals surface area contributed by atoms with Crippen molar-refractivity contribution >= 4 is 23.3 Å². The normalized spacial score (nSPS) is 8.46. The van der Waals surface area contributed by atoms with Crippen LogP contribution in [0.5, 0.6) is 0 Å². The zero-order chi connectivity index (χ0) is 9.68. The summed E-state index contributed by atoms with van der Waals surface area (Å²) in [7, 11) is 0. The summed E-state index contributed by atoms with van der Waals surface area (Å²) in [4.78, 5) is 14.8. The standard InChI is InChI=1S/C9H7ClN2O/c1-2-4-9(13)12-8-6-3-5-7(10)11-8/h3,5-6H,1H3,(H,11,12,13). The first kappa shape index (κ1) is 9.56. The van der Waals surface area contributed by atoms with E-state index in [9.17, 15) is 4.79 Å². The number of aromatic nitrogens is 1. The maximum atomic E-state index is 11.0. The van der Waals surface area contributed by atoms with Gasteiger partial charge in [0.05, 0.1) is 0 Å². The zero-order valence-electron chi connectivity index (χ0n) is 6.97. The number of carbonyl (C=O) groups excluding carboxylic acids is 1. The van der Waals surface area contributed by atoms with Crippen molar-refractivity contribution in [2.75, 3.05) is 5.32 Å². The Morgan fingerprint density at radius 1 is 1.62 bits per heavy atom. The Labute approximate surface area is 81.1 Å². The average molecular weight is 195 g/mol. The molecule has 0 aliphatic heterocycles. The third-order valence-electron chi connectivity index (χ3n) is 1.20. The van der Waals surface area contributed by atoms with Gasteiger partial charge in [0.25, 0.3) is 0 Å². The monoisotopic (exact) mass is 194 g/mol. The van der Waals surface area contributed by atoms with Crippen molar-refractivity contribution in [3.05, 3.63) is 23.4 Å². The molecule has 0 saturated heterocycles. The fourth-order valence-corrected chi connectivity index (χ4v) is 0.903. The second kappa shape index (κ2) is 4.48. The minimum Gasteiger partial charge on any atom is -0.300 e. The highest BCUT2D eigenvalue weighted by Crippen LogP contribution is 2.08. The van der Waals surface area contributed by atoms with Gasteiger partial charge in [0, 0.05) is 0 Å². The molecule has 0 aliphatic carbocycles. The molecule has 0 radical (unpaired) electrons. The first-order valence-electron chi connectivity index (χ1n) is 3.58. The number of carbonyl (C=O) groups is 1. The Bertz CT molecular complexity index is 379. The number of amides is 1. The molecule has 0 atom stereocenters. The summed E-state index contributed by atoms with van der Waals surface area (Å²) in [6, 6.07) is 4.97. The van der Waals surface area contributed by atoms with Crippen LogP contribution in [0, 0.1) is 11.8 Å². The molecule has 1 rings (SSSR count). The SMILES string of the molecule is CC#CC(=O)Nc1cccc(Cl)n1. The summed E-state index contributed by atoms with van der Waals surface area (Å²) < 4.78 is 0. The van der Waals surface area contributed by atoms with E-state index in [1.165, 1.54) is 0 Å². The first-order valence-corrected chi connectivity index (χ1v) is 3.96. The van der Waals surface area contributed by atoms with Gasteiger partial charge in [-0.3, -0.25) is 10.1 Å². The minimum absolute atomic E-state index is 0.335. The fraction of sp³-hybridized carbons (Fsp3) is 0.111. The van der Waals surface area contributed by atoms with E-state index in [1.54, 1.807) is 25.1 Å². The van der Waals surface area contributed by atoms with Crippen molar-refractivity contribution in [2.45, 2.75) is 6.92 Å². The number of nitrogens with one attached hydrogen (secondary N) is 1. The van der Waals surface area contributed by atoms with Crippen molar-refractivity contribution in [1.82, 2.24) is 4.98 Å². The summed E-state index contributed by atoms with van der Waals surface area (Å²) >= 11 is 5.61. The molecule has 3 nitrogen and oxygen atoms in total. The van der Waals surface area contributed by atoms with E-state index >= 15 is 0 Å². The Morgan fingerprint density at radius 2 is 2.38 bits per heavy atom. The second-order valence-electron chi connectivity index (χ2n) is 2.17. The smallest absolute Gasteiger partial charge is 0.300 e. The molecule has 0 unspecified atom stereocenters. The molecule has 0 bridgehead atoms. The van der Waals surface area contributed by atoms with Crippen molar-refractivity contribution in [3.63, 3.8) is 0 Å². The van der Waals surface area contributed by atoms with Gasteiger partial charge in [-0.25, -0.2) is 4.98 Å². The molecule has 4 heteroatoms. The Morgan fingerprint density at radius 3 is 3.00 bits per heavy atom. The Kier molecular flexibility index (Phi) is 3.30. The third kappa shape index (κ3) is 3.14. The van der Waals surface area contributed by atoms with Gasteiger partial charge in [-0.1, -0.05) is 23.6 Å². The lowest BCUT2D eigenvalue weighted by Crippen LogP contribution is -2.09. The van der Waals surface area contributed by atoms with E-state index in [1.807, 2.05) is 0 Å². The summed E-state index contributed by atoms with van der Waals surface area (Å²) in [6.45, 7) is 1.59. The molecule has 0 aromatic carbocycles. The second-order valence-corrected chi connectivity index (χ2v) is 2.56. The highest BCUT2D eigenvalue weighted by Gasteiger charge is 1.98. The first-order chi connectivity index (χ1) is 6.22. The van der Waals surface area contributed by atoms with E-state index < -0.39 is 5.91 Å². The molecule has 1 aromatic rings. The number of anilines is 1. The van der Waals surface area contributed by atoms with Gasteiger partial charge < -0.3 is 0 Å². The van der Waals surface area contributed by atoms with E-state index in [-0.39, 0.29) is 0 Å². The maximum absolute atomic E-state index is 11.0. The number of rotatable bonds is 1. The minimum atomic E-state index is -0.391. The molecule has 1 N–H and O–H groups in total. The largest absolute Gasteiger partial charge is 0.301 e.